The van der Waals surface area contributed by atoms with Crippen LogP contribution >= 0.6 is 0 Å². The number of ether oxygens (including phenoxy) is 1. The Morgan fingerprint density at radius 1 is 0.754 bits per heavy atom. The summed E-state index contributed by atoms with van der Waals surface area (Å²) in [6, 6.07) is 19.7. The largest absolute Gasteiger partial charge is 0.389 e. The monoisotopic (exact) mass is 784 g/mol. The van der Waals surface area contributed by atoms with Crippen molar-refractivity contribution < 1.29 is 24.5 Å². The third-order valence-corrected chi connectivity index (χ3v) is 9.74. The maximum atomic E-state index is 12.4. The Morgan fingerprint density at radius 2 is 1.33 bits per heavy atom. The molecule has 4 aromatic rings. The summed E-state index contributed by atoms with van der Waals surface area (Å²) in [5.74, 6) is 1.28. The highest BCUT2D eigenvalue weighted by Gasteiger charge is 2.33. The van der Waals surface area contributed by atoms with E-state index < -0.39 is 12.2 Å². The van der Waals surface area contributed by atoms with Crippen LogP contribution in [0.3, 0.4) is 0 Å². The number of unbranched alkanes of at least 4 members (excludes halogenated alkanes) is 4. The molecule has 0 aliphatic carbocycles. The second-order valence-corrected chi connectivity index (χ2v) is 14.2. The van der Waals surface area contributed by atoms with Gasteiger partial charge < -0.3 is 35.0 Å². The van der Waals surface area contributed by atoms with Crippen molar-refractivity contribution in [2.75, 3.05) is 39.8 Å². The van der Waals surface area contributed by atoms with Crippen LogP contribution in [0.25, 0.3) is 0 Å². The number of rotatable bonds is 22. The predicted molar refractivity (Wildman–Crippen MR) is 212 cm³/mol. The van der Waals surface area contributed by atoms with E-state index in [1.54, 1.807) is 24.1 Å². The summed E-state index contributed by atoms with van der Waals surface area (Å²) in [6.07, 6.45) is 14.1. The number of carbonyl (C=O) groups is 2. The number of aromatic amines is 2. The number of likely N-dealkylation sites (N-methyl/N-ethyl adjacent to an activating group) is 1. The van der Waals surface area contributed by atoms with Crippen LogP contribution in [0.2, 0.25) is 0 Å². The molecule has 57 heavy (non-hydrogen) atoms. The van der Waals surface area contributed by atoms with Crippen molar-refractivity contribution in [2.24, 2.45) is 0 Å². The molecule has 2 aromatic carbocycles. The Balaban J connectivity index is 0.000000218. The molecule has 0 radical (unpaired) electrons. The molecule has 4 amide bonds. The third-order valence-electron chi connectivity index (χ3n) is 9.74. The minimum absolute atomic E-state index is 0.00254. The normalized spacial score (nSPS) is 18.1. The fourth-order valence-electron chi connectivity index (χ4n) is 6.70. The standard InChI is InChI=1S/C20H28N6O3.C20H28N6O2/c1-25-14-17(9-10-18(27)13-16-7-3-2-4-8-16)26(20(25)28)11-5-6-12-29-15-19-21-23-24-22-19;27-18(14-16-8-4-3-5-9-16)12-11-17-15-21-20(28)26(17)13-7-2-1-6-10-19-22-24-25-23-19/h2-4,7-10,17-18,27H,5-6,11-15H2,1H3,(H,21,22,23,24);3-5,8-9,11-12,17-18,27H,1-2,6-7,10,13-15H2,(H,21,28)(H,22,23,24,25)/b10-9+;12-11+/t2*17-,18?/m00/s1. The van der Waals surface area contributed by atoms with Gasteiger partial charge in [-0.2, -0.15) is 10.4 Å². The minimum Gasteiger partial charge on any atom is -0.389 e. The molecule has 2 saturated heterocycles. The first-order valence-electron chi connectivity index (χ1n) is 19.7. The smallest absolute Gasteiger partial charge is 0.320 e. The molecule has 0 bridgehead atoms. The first-order chi connectivity index (χ1) is 27.9. The van der Waals surface area contributed by atoms with E-state index in [0.717, 1.165) is 68.4 Å². The van der Waals surface area contributed by atoms with E-state index in [9.17, 15) is 19.8 Å². The van der Waals surface area contributed by atoms with Gasteiger partial charge in [0, 0.05) is 59.1 Å². The molecular weight excluding hydrogens is 729 g/mol. The van der Waals surface area contributed by atoms with Crippen molar-refractivity contribution in [1.29, 1.82) is 0 Å². The topological polar surface area (TPSA) is 214 Å². The Labute approximate surface area is 333 Å². The number of nitrogens with zero attached hydrogens (tertiary/aromatic N) is 9. The van der Waals surface area contributed by atoms with Crippen molar-refractivity contribution in [2.45, 2.75) is 88.7 Å². The van der Waals surface area contributed by atoms with Gasteiger partial charge >= 0.3 is 12.1 Å². The van der Waals surface area contributed by atoms with Crippen LogP contribution in [0.4, 0.5) is 9.59 Å². The van der Waals surface area contributed by atoms with Crippen LogP contribution in [0.1, 0.15) is 61.3 Å². The first kappa shape index (κ1) is 42.6. The number of amides is 4. The zero-order chi connectivity index (χ0) is 40.1. The molecule has 5 N–H and O–H groups in total. The molecular formula is C40H56N12O5. The van der Waals surface area contributed by atoms with Gasteiger partial charge in [-0.15, -0.1) is 20.4 Å². The van der Waals surface area contributed by atoms with Gasteiger partial charge in [-0.05, 0) is 36.8 Å². The zero-order valence-corrected chi connectivity index (χ0v) is 32.6. The number of aliphatic hydroxyl groups is 2. The van der Waals surface area contributed by atoms with E-state index >= 15 is 0 Å². The molecule has 0 spiro atoms. The number of hydrogen-bond acceptors (Lipinski definition) is 11. The van der Waals surface area contributed by atoms with Crippen molar-refractivity contribution >= 4 is 12.1 Å². The molecule has 2 unspecified atom stereocenters. The quantitative estimate of drug-likeness (QED) is 0.0576. The molecule has 2 aromatic heterocycles. The number of tetrazole rings is 2. The summed E-state index contributed by atoms with van der Waals surface area (Å²) >= 11 is 0. The van der Waals surface area contributed by atoms with Gasteiger partial charge in [0.25, 0.3) is 0 Å². The number of aromatic nitrogens is 8. The molecule has 306 valence electrons. The lowest BCUT2D eigenvalue weighted by molar-refractivity contribution is 0.109. The summed E-state index contributed by atoms with van der Waals surface area (Å²) < 4.78 is 5.51. The van der Waals surface area contributed by atoms with Gasteiger partial charge in [0.15, 0.2) is 11.6 Å². The van der Waals surface area contributed by atoms with E-state index in [1.165, 1.54) is 0 Å². The number of benzene rings is 2. The molecule has 2 aliphatic heterocycles. The fourth-order valence-corrected chi connectivity index (χ4v) is 6.70. The Bertz CT molecular complexity index is 1760. The summed E-state index contributed by atoms with van der Waals surface area (Å²) in [6.45, 7) is 3.48. The van der Waals surface area contributed by atoms with Crippen molar-refractivity contribution in [3.8, 4) is 0 Å². The van der Waals surface area contributed by atoms with Crippen LogP contribution in [-0.4, -0.2) is 142 Å². The number of urea groups is 2. The molecule has 0 saturated carbocycles. The van der Waals surface area contributed by atoms with E-state index in [4.69, 9.17) is 4.74 Å². The summed E-state index contributed by atoms with van der Waals surface area (Å²) in [5, 5.41) is 50.8. The number of nitrogens with one attached hydrogen (secondary N) is 3. The molecule has 6 rings (SSSR count). The summed E-state index contributed by atoms with van der Waals surface area (Å²) in [7, 11) is 1.80. The Hall–Kier alpha value is -5.52. The SMILES string of the molecule is CN1C[C@H](/C=C/C(O)Cc2ccccc2)N(CCCCOCc2nn[nH]n2)C1=O.O=C1NC[C@H](/C=C/C(O)Cc2ccccc2)N1CCCCCCc1nn[nH]n1. The molecule has 4 atom stereocenters. The third kappa shape index (κ3) is 14.8. The molecule has 4 heterocycles. The maximum Gasteiger partial charge on any atom is 0.320 e. The average molecular weight is 785 g/mol. The maximum absolute atomic E-state index is 12.4. The number of H-pyrrole nitrogens is 2. The van der Waals surface area contributed by atoms with Gasteiger partial charge in [-0.1, -0.05) is 108 Å². The van der Waals surface area contributed by atoms with Gasteiger partial charge in [-0.25, -0.2) is 9.59 Å². The summed E-state index contributed by atoms with van der Waals surface area (Å²) in [5.41, 5.74) is 2.18. The average Bonchev–Trinajstić information content (AvgIpc) is 4.05. The second-order valence-electron chi connectivity index (χ2n) is 14.2. The predicted octanol–water partition coefficient (Wildman–Crippen LogP) is 3.25. The van der Waals surface area contributed by atoms with Crippen LogP contribution < -0.4 is 5.32 Å². The lowest BCUT2D eigenvalue weighted by Gasteiger charge is -2.21. The number of carbonyl (C=O) groups excluding carboxylic acids is 2. The number of aliphatic hydroxyl groups excluding tert-OH is 2. The number of hydrogen-bond donors (Lipinski definition) is 5. The van der Waals surface area contributed by atoms with E-state index in [1.807, 2.05) is 82.6 Å². The Morgan fingerprint density at radius 3 is 1.96 bits per heavy atom. The highest BCUT2D eigenvalue weighted by Crippen LogP contribution is 2.18. The highest BCUT2D eigenvalue weighted by atomic mass is 16.5. The van der Waals surface area contributed by atoms with Crippen molar-refractivity contribution in [3.05, 3.63) is 108 Å². The fraction of sp³-hybridized carbons (Fsp3) is 0.500. The van der Waals surface area contributed by atoms with E-state index in [2.05, 4.69) is 46.6 Å². The molecule has 2 aliphatic rings. The second kappa shape index (κ2) is 23.5. The van der Waals surface area contributed by atoms with E-state index in [0.29, 0.717) is 51.5 Å². The zero-order valence-electron chi connectivity index (χ0n) is 32.6. The lowest BCUT2D eigenvalue weighted by atomic mass is 10.1. The van der Waals surface area contributed by atoms with Crippen molar-refractivity contribution in [1.82, 2.24) is 61.3 Å². The van der Waals surface area contributed by atoms with Gasteiger partial charge in [0.05, 0.1) is 24.3 Å². The molecule has 2 fully saturated rings. The van der Waals surface area contributed by atoms with Crippen LogP contribution in [0, 0.1) is 0 Å². The van der Waals surface area contributed by atoms with Gasteiger partial charge in [-0.3, -0.25) is 0 Å². The highest BCUT2D eigenvalue weighted by molar-refractivity contribution is 5.77. The minimum atomic E-state index is -0.571. The van der Waals surface area contributed by atoms with Crippen LogP contribution in [-0.2, 0) is 30.6 Å². The Kier molecular flexibility index (Phi) is 17.6. The van der Waals surface area contributed by atoms with Crippen LogP contribution in [0.15, 0.2) is 85.0 Å². The first-order valence-corrected chi connectivity index (χ1v) is 19.7. The van der Waals surface area contributed by atoms with E-state index in [-0.39, 0.29) is 24.1 Å². The van der Waals surface area contributed by atoms with Gasteiger partial charge in [0.2, 0.25) is 0 Å². The number of aryl methyl sites for hydroxylation is 1. The molecule has 17 nitrogen and oxygen atoms in total. The lowest BCUT2D eigenvalue weighted by Crippen LogP contribution is -2.34. The molecule has 17 heteroatoms. The van der Waals surface area contributed by atoms with Crippen molar-refractivity contribution in [3.63, 3.8) is 0 Å². The summed E-state index contributed by atoms with van der Waals surface area (Å²) in [4.78, 5) is 29.9. The van der Waals surface area contributed by atoms with Gasteiger partial charge in [0.1, 0.15) is 6.61 Å². The van der Waals surface area contributed by atoms with Crippen LogP contribution in [0.5, 0.6) is 0 Å².